The van der Waals surface area contributed by atoms with E-state index >= 15 is 0 Å². The summed E-state index contributed by atoms with van der Waals surface area (Å²) in [5.74, 6) is -0.167. The van der Waals surface area contributed by atoms with E-state index in [0.29, 0.717) is 0 Å². The van der Waals surface area contributed by atoms with Gasteiger partial charge in [0.05, 0.1) is 12.9 Å². The maximum atomic E-state index is 11.9. The van der Waals surface area contributed by atoms with Crippen molar-refractivity contribution in [2.75, 3.05) is 12.3 Å². The maximum absolute atomic E-state index is 11.9. The molecule has 1 saturated heterocycles. The number of nitrogens with two attached hydrogens (primary N) is 2. The standard InChI is InChI=1S/C11H17N6O7P/c1-11(7(19)6(18)4(24-11)2-23-25(13,21)22)17-3-14-5-8(17)15-10(12)16-9(5)20/h3-4,6-7,18-19H,2H2,1H3,(H3,13,21,22)(H3,12,15,16,20)/t4-,6-,7-,11-/m1/s1. The van der Waals surface area contributed by atoms with Gasteiger partial charge in [0, 0.05) is 0 Å². The number of imidazole rings is 1. The molecule has 0 spiro atoms. The Morgan fingerprint density at radius 2 is 2.24 bits per heavy atom. The number of nitrogens with one attached hydrogen (secondary N) is 1. The van der Waals surface area contributed by atoms with E-state index in [2.05, 4.69) is 19.5 Å². The zero-order valence-electron chi connectivity index (χ0n) is 12.9. The highest BCUT2D eigenvalue weighted by atomic mass is 31.2. The Hall–Kier alpha value is -1.86. The van der Waals surface area contributed by atoms with E-state index in [-0.39, 0.29) is 17.1 Å². The van der Waals surface area contributed by atoms with Crippen LogP contribution in [0.5, 0.6) is 0 Å². The minimum absolute atomic E-state index is 0.0308. The molecular formula is C11H17N6O7P. The zero-order chi connectivity index (χ0) is 18.6. The third-order valence-electron chi connectivity index (χ3n) is 3.97. The van der Waals surface area contributed by atoms with Crippen molar-refractivity contribution in [3.8, 4) is 0 Å². The van der Waals surface area contributed by atoms with E-state index in [1.807, 2.05) is 0 Å². The highest BCUT2D eigenvalue weighted by molar-refractivity contribution is 7.50. The third-order valence-corrected chi connectivity index (χ3v) is 4.49. The molecule has 25 heavy (non-hydrogen) atoms. The molecule has 2 aromatic heterocycles. The van der Waals surface area contributed by atoms with Crippen LogP contribution in [-0.4, -0.2) is 59.5 Å². The molecule has 2 aromatic rings. The summed E-state index contributed by atoms with van der Waals surface area (Å²) in [7, 11) is -4.28. The van der Waals surface area contributed by atoms with E-state index in [4.69, 9.17) is 20.9 Å². The predicted molar refractivity (Wildman–Crippen MR) is 83.1 cm³/mol. The maximum Gasteiger partial charge on any atom is 0.400 e. The Balaban J connectivity index is 1.99. The first kappa shape index (κ1) is 17.9. The number of nitrogen functional groups attached to an aromatic ring is 1. The molecule has 1 fully saturated rings. The summed E-state index contributed by atoms with van der Waals surface area (Å²) in [6.07, 6.45) is -2.92. The normalized spacial score (nSPS) is 32.1. The minimum Gasteiger partial charge on any atom is -0.387 e. The summed E-state index contributed by atoms with van der Waals surface area (Å²) >= 11 is 0. The molecule has 5 atom stereocenters. The van der Waals surface area contributed by atoms with Gasteiger partial charge in [0.25, 0.3) is 5.56 Å². The first-order valence-corrected chi connectivity index (χ1v) is 8.71. The largest absolute Gasteiger partial charge is 0.400 e. The average Bonchev–Trinajstić information content (AvgIpc) is 3.01. The number of aromatic amines is 1. The second kappa shape index (κ2) is 5.85. The van der Waals surface area contributed by atoms with E-state index in [9.17, 15) is 19.6 Å². The van der Waals surface area contributed by atoms with Gasteiger partial charge in [-0.2, -0.15) is 4.98 Å². The molecule has 13 nitrogen and oxygen atoms in total. The molecular weight excluding hydrogens is 359 g/mol. The van der Waals surface area contributed by atoms with Crippen LogP contribution in [0.4, 0.5) is 5.95 Å². The number of rotatable bonds is 4. The second-order valence-electron chi connectivity index (χ2n) is 5.74. The lowest BCUT2D eigenvalue weighted by Gasteiger charge is -2.29. The van der Waals surface area contributed by atoms with Gasteiger partial charge >= 0.3 is 7.75 Å². The number of aliphatic hydroxyl groups is 2. The number of ether oxygens (including phenoxy) is 1. The van der Waals surface area contributed by atoms with Crippen molar-refractivity contribution in [3.63, 3.8) is 0 Å². The number of hydrogen-bond donors (Lipinski definition) is 6. The van der Waals surface area contributed by atoms with Crippen LogP contribution >= 0.6 is 7.75 Å². The molecule has 0 aromatic carbocycles. The Kier molecular flexibility index (Phi) is 4.20. The quantitative estimate of drug-likeness (QED) is 0.309. The van der Waals surface area contributed by atoms with Gasteiger partial charge in [-0.3, -0.25) is 18.9 Å². The van der Waals surface area contributed by atoms with Crippen LogP contribution in [0.1, 0.15) is 6.92 Å². The molecule has 3 heterocycles. The number of hydrogen-bond acceptors (Lipinski definition) is 9. The molecule has 0 bridgehead atoms. The monoisotopic (exact) mass is 376 g/mol. The molecule has 1 aliphatic heterocycles. The molecule has 1 unspecified atom stereocenters. The summed E-state index contributed by atoms with van der Waals surface area (Å²) in [4.78, 5) is 31.0. The molecule has 3 rings (SSSR count). The molecule has 0 saturated carbocycles. The molecule has 138 valence electrons. The Morgan fingerprint density at radius 1 is 1.56 bits per heavy atom. The molecule has 0 radical (unpaired) electrons. The fraction of sp³-hybridized carbons (Fsp3) is 0.545. The van der Waals surface area contributed by atoms with Gasteiger partial charge < -0.3 is 25.6 Å². The van der Waals surface area contributed by atoms with Crippen LogP contribution in [0, 0.1) is 0 Å². The smallest absolute Gasteiger partial charge is 0.387 e. The Labute approximate surface area is 139 Å². The first-order valence-electron chi connectivity index (χ1n) is 7.06. The van der Waals surface area contributed by atoms with Crippen molar-refractivity contribution in [3.05, 3.63) is 16.7 Å². The molecule has 0 aliphatic carbocycles. The van der Waals surface area contributed by atoms with E-state index < -0.39 is 43.9 Å². The lowest BCUT2D eigenvalue weighted by molar-refractivity contribution is -0.131. The highest BCUT2D eigenvalue weighted by Crippen LogP contribution is 2.39. The predicted octanol–water partition coefficient (Wildman–Crippen LogP) is -2.43. The zero-order valence-corrected chi connectivity index (χ0v) is 13.8. The van der Waals surface area contributed by atoms with E-state index in [1.165, 1.54) is 17.8 Å². The fourth-order valence-electron chi connectivity index (χ4n) is 2.73. The van der Waals surface area contributed by atoms with Gasteiger partial charge in [-0.15, -0.1) is 0 Å². The fourth-order valence-corrected chi connectivity index (χ4v) is 3.09. The van der Waals surface area contributed by atoms with Crippen LogP contribution in [0.3, 0.4) is 0 Å². The number of fused-ring (bicyclic) bond motifs is 1. The minimum atomic E-state index is -4.28. The lowest BCUT2D eigenvalue weighted by atomic mass is 10.0. The summed E-state index contributed by atoms with van der Waals surface area (Å²) in [5.41, 5.74) is 8.22. The van der Waals surface area contributed by atoms with Gasteiger partial charge in [-0.1, -0.05) is 0 Å². The van der Waals surface area contributed by atoms with E-state index in [0.717, 1.165) is 0 Å². The van der Waals surface area contributed by atoms with Gasteiger partial charge in [-0.25, -0.2) is 15.1 Å². The van der Waals surface area contributed by atoms with Crippen molar-refractivity contribution >= 4 is 24.9 Å². The summed E-state index contributed by atoms with van der Waals surface area (Å²) in [6, 6.07) is 0. The van der Waals surface area contributed by atoms with Crippen molar-refractivity contribution in [1.29, 1.82) is 0 Å². The second-order valence-corrected chi connectivity index (χ2v) is 7.13. The average molecular weight is 376 g/mol. The van der Waals surface area contributed by atoms with Crippen LogP contribution in [0.15, 0.2) is 11.1 Å². The van der Waals surface area contributed by atoms with Gasteiger partial charge in [0.1, 0.15) is 18.3 Å². The number of aromatic nitrogens is 4. The topological polar surface area (TPSA) is 212 Å². The Bertz CT molecular complexity index is 908. The first-order chi connectivity index (χ1) is 11.5. The highest BCUT2D eigenvalue weighted by Gasteiger charge is 2.53. The van der Waals surface area contributed by atoms with Crippen LogP contribution in [0.2, 0.25) is 0 Å². The molecule has 0 amide bonds. The van der Waals surface area contributed by atoms with Crippen molar-refractivity contribution < 1.29 is 28.9 Å². The van der Waals surface area contributed by atoms with Gasteiger partial charge in [0.2, 0.25) is 5.95 Å². The summed E-state index contributed by atoms with van der Waals surface area (Å²) in [5, 5.41) is 20.6. The van der Waals surface area contributed by atoms with Crippen LogP contribution in [0.25, 0.3) is 11.2 Å². The van der Waals surface area contributed by atoms with Crippen molar-refractivity contribution in [2.45, 2.75) is 31.0 Å². The number of nitrogens with zero attached hydrogens (tertiary/aromatic N) is 3. The summed E-state index contributed by atoms with van der Waals surface area (Å²) < 4.78 is 22.4. The Morgan fingerprint density at radius 3 is 2.88 bits per heavy atom. The van der Waals surface area contributed by atoms with Gasteiger partial charge in [-0.05, 0) is 6.92 Å². The van der Waals surface area contributed by atoms with Crippen molar-refractivity contribution in [1.82, 2.24) is 19.5 Å². The summed E-state index contributed by atoms with van der Waals surface area (Å²) in [6.45, 7) is 0.878. The van der Waals surface area contributed by atoms with Gasteiger partial charge in [0.15, 0.2) is 16.9 Å². The molecule has 1 aliphatic rings. The van der Waals surface area contributed by atoms with E-state index in [1.54, 1.807) is 0 Å². The van der Waals surface area contributed by atoms with Crippen LogP contribution in [-0.2, 0) is 19.6 Å². The number of anilines is 1. The third kappa shape index (κ3) is 3.06. The van der Waals surface area contributed by atoms with Crippen LogP contribution < -0.4 is 16.8 Å². The SMILES string of the molecule is C[C@@]1(n2cnc3c(=O)[nH]c(N)nc32)O[C@H](COP(N)(=O)O)[C@@H](O)[C@H]1O. The number of aliphatic hydroxyl groups excluding tert-OH is 2. The lowest BCUT2D eigenvalue weighted by Crippen LogP contribution is -2.43. The van der Waals surface area contributed by atoms with Crippen molar-refractivity contribution in [2.24, 2.45) is 5.50 Å². The number of H-pyrrole nitrogens is 1. The molecule has 8 N–H and O–H groups in total. The molecule has 14 heteroatoms.